The molecule has 1 aromatic heterocycles. The summed E-state index contributed by atoms with van der Waals surface area (Å²) >= 11 is 1.69. The van der Waals surface area contributed by atoms with Gasteiger partial charge in [-0.25, -0.2) is 0 Å². The molecule has 16 heavy (non-hydrogen) atoms. The molecule has 1 saturated heterocycles. The van der Waals surface area contributed by atoms with Crippen LogP contribution < -0.4 is 5.32 Å². The number of aryl methyl sites for hydroxylation is 1. The molecule has 0 aromatic carbocycles. The molecule has 0 atom stereocenters. The van der Waals surface area contributed by atoms with Crippen LogP contribution in [0.1, 0.15) is 40.7 Å². The lowest BCUT2D eigenvalue weighted by Crippen LogP contribution is -2.31. The number of rotatable bonds is 4. The summed E-state index contributed by atoms with van der Waals surface area (Å²) in [4.78, 5) is 14.5. The molecule has 2 nitrogen and oxygen atoms in total. The van der Waals surface area contributed by atoms with E-state index in [1.54, 1.807) is 11.3 Å². The van der Waals surface area contributed by atoms with Crippen LogP contribution in [0.5, 0.6) is 0 Å². The Morgan fingerprint density at radius 2 is 2.19 bits per heavy atom. The molecule has 0 saturated carbocycles. The second-order valence-electron chi connectivity index (χ2n) is 4.40. The van der Waals surface area contributed by atoms with E-state index in [1.165, 1.54) is 4.88 Å². The first-order chi connectivity index (χ1) is 7.81. The highest BCUT2D eigenvalue weighted by atomic mass is 32.1. The number of carbonyl (C=O) groups is 1. The first kappa shape index (κ1) is 11.8. The molecule has 0 bridgehead atoms. The second-order valence-corrected chi connectivity index (χ2v) is 5.57. The third-order valence-corrected chi connectivity index (χ3v) is 4.27. The van der Waals surface area contributed by atoms with Gasteiger partial charge in [0.1, 0.15) is 0 Å². The first-order valence-electron chi connectivity index (χ1n) is 6.15. The Labute approximate surface area is 101 Å². The highest BCUT2D eigenvalue weighted by Crippen LogP contribution is 2.24. The summed E-state index contributed by atoms with van der Waals surface area (Å²) in [5, 5.41) is 3.30. The van der Waals surface area contributed by atoms with Gasteiger partial charge >= 0.3 is 0 Å². The van der Waals surface area contributed by atoms with Gasteiger partial charge in [-0.05, 0) is 44.5 Å². The van der Waals surface area contributed by atoms with Crippen LogP contribution in [-0.4, -0.2) is 18.9 Å². The Hall–Kier alpha value is -0.670. The maximum Gasteiger partial charge on any atom is 0.175 e. The van der Waals surface area contributed by atoms with Crippen LogP contribution in [0.25, 0.3) is 0 Å². The smallest absolute Gasteiger partial charge is 0.175 e. The van der Waals surface area contributed by atoms with Gasteiger partial charge in [-0.2, -0.15) is 0 Å². The van der Waals surface area contributed by atoms with E-state index < -0.39 is 0 Å². The molecule has 1 N–H and O–H groups in total. The van der Waals surface area contributed by atoms with Crippen molar-refractivity contribution in [1.82, 2.24) is 5.32 Å². The van der Waals surface area contributed by atoms with E-state index in [2.05, 4.69) is 18.3 Å². The number of hydrogen-bond acceptors (Lipinski definition) is 3. The molecular weight excluding hydrogens is 218 g/mol. The lowest BCUT2D eigenvalue weighted by Gasteiger charge is -2.20. The molecule has 1 aliphatic heterocycles. The lowest BCUT2D eigenvalue weighted by atomic mass is 9.93. The van der Waals surface area contributed by atoms with Crippen LogP contribution in [0.15, 0.2) is 12.1 Å². The van der Waals surface area contributed by atoms with Gasteiger partial charge in [0.2, 0.25) is 0 Å². The van der Waals surface area contributed by atoms with Gasteiger partial charge in [0.05, 0.1) is 4.88 Å². The van der Waals surface area contributed by atoms with Gasteiger partial charge in [0, 0.05) is 10.8 Å². The Balaban J connectivity index is 2.01. The van der Waals surface area contributed by atoms with Crippen molar-refractivity contribution in [3.05, 3.63) is 21.9 Å². The van der Waals surface area contributed by atoms with Crippen molar-refractivity contribution in [2.75, 3.05) is 13.1 Å². The minimum Gasteiger partial charge on any atom is -0.317 e. The third-order valence-electron chi connectivity index (χ3n) is 3.11. The van der Waals surface area contributed by atoms with E-state index in [4.69, 9.17) is 0 Å². The van der Waals surface area contributed by atoms with Crippen molar-refractivity contribution in [3.8, 4) is 0 Å². The quantitative estimate of drug-likeness (QED) is 0.816. The molecule has 1 aliphatic rings. The van der Waals surface area contributed by atoms with Crippen LogP contribution in [0.2, 0.25) is 0 Å². The SMILES string of the molecule is CCCc1ccc(C(=O)C2CCNCC2)s1. The average Bonchev–Trinajstić information content (AvgIpc) is 2.78. The third kappa shape index (κ3) is 2.71. The Bertz CT molecular complexity index is 353. The molecule has 0 radical (unpaired) electrons. The lowest BCUT2D eigenvalue weighted by molar-refractivity contribution is 0.0899. The minimum atomic E-state index is 0.259. The predicted octanol–water partition coefficient (Wildman–Crippen LogP) is 2.88. The number of piperidine rings is 1. The zero-order chi connectivity index (χ0) is 11.4. The summed E-state index contributed by atoms with van der Waals surface area (Å²) < 4.78 is 0. The molecule has 2 heterocycles. The summed E-state index contributed by atoms with van der Waals surface area (Å²) in [5.74, 6) is 0.628. The normalized spacial score (nSPS) is 17.6. The summed E-state index contributed by atoms with van der Waals surface area (Å²) in [5.41, 5.74) is 0. The second kappa shape index (κ2) is 5.60. The van der Waals surface area contributed by atoms with Gasteiger partial charge in [-0.3, -0.25) is 4.79 Å². The van der Waals surface area contributed by atoms with E-state index in [1.807, 2.05) is 6.07 Å². The number of carbonyl (C=O) groups excluding carboxylic acids is 1. The molecule has 88 valence electrons. The zero-order valence-corrected chi connectivity index (χ0v) is 10.6. The van der Waals surface area contributed by atoms with Crippen LogP contribution in [0, 0.1) is 5.92 Å². The highest BCUT2D eigenvalue weighted by Gasteiger charge is 2.23. The Morgan fingerprint density at radius 3 is 2.88 bits per heavy atom. The fraction of sp³-hybridized carbons (Fsp3) is 0.615. The zero-order valence-electron chi connectivity index (χ0n) is 9.79. The van der Waals surface area contributed by atoms with Crippen molar-refractivity contribution in [2.24, 2.45) is 5.92 Å². The molecule has 0 unspecified atom stereocenters. The number of nitrogens with one attached hydrogen (secondary N) is 1. The van der Waals surface area contributed by atoms with Crippen LogP contribution in [0.3, 0.4) is 0 Å². The van der Waals surface area contributed by atoms with Crippen molar-refractivity contribution >= 4 is 17.1 Å². The highest BCUT2D eigenvalue weighted by molar-refractivity contribution is 7.14. The molecule has 1 fully saturated rings. The van der Waals surface area contributed by atoms with Gasteiger partial charge < -0.3 is 5.32 Å². The monoisotopic (exact) mass is 237 g/mol. The molecule has 0 aliphatic carbocycles. The number of thiophene rings is 1. The van der Waals surface area contributed by atoms with Gasteiger partial charge in [0.25, 0.3) is 0 Å². The van der Waals surface area contributed by atoms with Crippen LogP contribution in [-0.2, 0) is 6.42 Å². The maximum atomic E-state index is 12.2. The standard InChI is InChI=1S/C13H19NOS/c1-2-3-11-4-5-12(16-11)13(15)10-6-8-14-9-7-10/h4-5,10,14H,2-3,6-9H2,1H3. The Kier molecular flexibility index (Phi) is 4.13. The molecule has 2 rings (SSSR count). The largest absolute Gasteiger partial charge is 0.317 e. The van der Waals surface area contributed by atoms with E-state index in [-0.39, 0.29) is 5.92 Å². The summed E-state index contributed by atoms with van der Waals surface area (Å²) in [7, 11) is 0. The molecule has 0 amide bonds. The van der Waals surface area contributed by atoms with E-state index in [0.29, 0.717) is 5.78 Å². The predicted molar refractivity (Wildman–Crippen MR) is 68.2 cm³/mol. The number of ketones is 1. The fourth-order valence-corrected chi connectivity index (χ4v) is 3.30. The van der Waals surface area contributed by atoms with Crippen molar-refractivity contribution in [3.63, 3.8) is 0 Å². The number of hydrogen-bond donors (Lipinski definition) is 1. The van der Waals surface area contributed by atoms with Gasteiger partial charge in [0.15, 0.2) is 5.78 Å². The molecule has 0 spiro atoms. The van der Waals surface area contributed by atoms with E-state index in [9.17, 15) is 4.79 Å². The van der Waals surface area contributed by atoms with E-state index in [0.717, 1.165) is 43.6 Å². The Morgan fingerprint density at radius 1 is 1.44 bits per heavy atom. The first-order valence-corrected chi connectivity index (χ1v) is 6.96. The molecule has 1 aromatic rings. The van der Waals surface area contributed by atoms with Crippen molar-refractivity contribution < 1.29 is 4.79 Å². The molecule has 3 heteroatoms. The average molecular weight is 237 g/mol. The summed E-state index contributed by atoms with van der Waals surface area (Å²) in [6.07, 6.45) is 4.26. The van der Waals surface area contributed by atoms with Gasteiger partial charge in [-0.1, -0.05) is 13.3 Å². The number of Topliss-reactive ketones (excluding diaryl/α,β-unsaturated/α-hetero) is 1. The summed E-state index contributed by atoms with van der Waals surface area (Å²) in [6.45, 7) is 4.15. The van der Waals surface area contributed by atoms with E-state index >= 15 is 0 Å². The van der Waals surface area contributed by atoms with Crippen molar-refractivity contribution in [2.45, 2.75) is 32.6 Å². The van der Waals surface area contributed by atoms with Crippen molar-refractivity contribution in [1.29, 1.82) is 0 Å². The maximum absolute atomic E-state index is 12.2. The van der Waals surface area contributed by atoms with Crippen LogP contribution >= 0.6 is 11.3 Å². The topological polar surface area (TPSA) is 29.1 Å². The minimum absolute atomic E-state index is 0.259. The summed E-state index contributed by atoms with van der Waals surface area (Å²) in [6, 6.07) is 4.13. The van der Waals surface area contributed by atoms with Crippen LogP contribution in [0.4, 0.5) is 0 Å². The van der Waals surface area contributed by atoms with Gasteiger partial charge in [-0.15, -0.1) is 11.3 Å². The fourth-order valence-electron chi connectivity index (χ4n) is 2.18. The molecular formula is C13H19NOS.